The fourth-order valence-corrected chi connectivity index (χ4v) is 4.57. The van der Waals surface area contributed by atoms with Gasteiger partial charge in [-0.1, -0.05) is 37.6 Å². The third kappa shape index (κ3) is 4.76. The minimum absolute atomic E-state index is 0.0418. The van der Waals surface area contributed by atoms with Crippen molar-refractivity contribution in [1.82, 2.24) is 25.0 Å². The van der Waals surface area contributed by atoms with Gasteiger partial charge in [-0.25, -0.2) is 18.4 Å². The molecule has 1 saturated carbocycles. The number of alkyl halides is 2. The first kappa shape index (κ1) is 25.9. The van der Waals surface area contributed by atoms with Crippen LogP contribution in [0.15, 0.2) is 35.3 Å². The summed E-state index contributed by atoms with van der Waals surface area (Å²) in [7, 11) is 0. The van der Waals surface area contributed by atoms with E-state index in [1.807, 2.05) is 6.07 Å². The SMILES string of the molecule is Cc1ncoc1C(Nc1cc(Cl)c2ncc(C#N)c(NCC(C)(C)C)c2c1)c1cn(C2(C(F)F)CC2)nn1. The molecule has 0 spiro atoms. The van der Waals surface area contributed by atoms with Crippen molar-refractivity contribution in [2.24, 2.45) is 5.41 Å². The van der Waals surface area contributed by atoms with E-state index >= 15 is 0 Å². The number of nitriles is 1. The van der Waals surface area contributed by atoms with Gasteiger partial charge in [0.15, 0.2) is 12.2 Å². The molecule has 2 N–H and O–H groups in total. The molecule has 9 nitrogen and oxygen atoms in total. The molecule has 1 fully saturated rings. The normalized spacial score (nSPS) is 15.4. The van der Waals surface area contributed by atoms with E-state index in [1.54, 1.807) is 13.0 Å². The van der Waals surface area contributed by atoms with Crippen LogP contribution in [0.4, 0.5) is 20.2 Å². The highest BCUT2D eigenvalue weighted by atomic mass is 35.5. The molecule has 12 heteroatoms. The molecule has 1 aromatic carbocycles. The monoisotopic (exact) mass is 540 g/mol. The number of hydrogen-bond acceptors (Lipinski definition) is 8. The zero-order valence-corrected chi connectivity index (χ0v) is 22.1. The van der Waals surface area contributed by atoms with Gasteiger partial charge in [0.2, 0.25) is 0 Å². The minimum atomic E-state index is -2.55. The molecular weight excluding hydrogens is 514 g/mol. The van der Waals surface area contributed by atoms with Crippen LogP contribution in [0.5, 0.6) is 0 Å². The zero-order chi connectivity index (χ0) is 27.2. The van der Waals surface area contributed by atoms with Crippen LogP contribution < -0.4 is 10.6 Å². The summed E-state index contributed by atoms with van der Waals surface area (Å²) in [6.45, 7) is 8.67. The summed E-state index contributed by atoms with van der Waals surface area (Å²) in [4.78, 5) is 8.59. The number of aromatic nitrogens is 5. The van der Waals surface area contributed by atoms with Gasteiger partial charge in [-0.3, -0.25) is 4.98 Å². The highest BCUT2D eigenvalue weighted by molar-refractivity contribution is 6.35. The van der Waals surface area contributed by atoms with Gasteiger partial charge in [-0.05, 0) is 37.3 Å². The maximum Gasteiger partial charge on any atom is 0.263 e. The van der Waals surface area contributed by atoms with Crippen LogP contribution in [0.2, 0.25) is 5.02 Å². The van der Waals surface area contributed by atoms with Crippen LogP contribution in [0.25, 0.3) is 10.9 Å². The predicted octanol–water partition coefficient (Wildman–Crippen LogP) is 6.06. The van der Waals surface area contributed by atoms with Crippen molar-refractivity contribution in [1.29, 1.82) is 5.26 Å². The fourth-order valence-electron chi connectivity index (χ4n) is 4.30. The highest BCUT2D eigenvalue weighted by Crippen LogP contribution is 2.48. The molecule has 0 bridgehead atoms. The van der Waals surface area contributed by atoms with Crippen molar-refractivity contribution in [2.75, 3.05) is 17.2 Å². The van der Waals surface area contributed by atoms with E-state index < -0.39 is 18.0 Å². The Bertz CT molecular complexity index is 1530. The molecule has 1 unspecified atom stereocenters. The van der Waals surface area contributed by atoms with E-state index in [0.717, 1.165) is 0 Å². The largest absolute Gasteiger partial charge is 0.446 e. The third-order valence-electron chi connectivity index (χ3n) is 6.63. The second-order valence-electron chi connectivity index (χ2n) is 10.8. The van der Waals surface area contributed by atoms with E-state index in [2.05, 4.69) is 57.8 Å². The Balaban J connectivity index is 1.57. The Labute approximate surface area is 223 Å². The number of rotatable bonds is 8. The number of aryl methyl sites for hydroxylation is 1. The summed E-state index contributed by atoms with van der Waals surface area (Å²) in [6, 6.07) is 5.06. The number of oxazole rings is 1. The van der Waals surface area contributed by atoms with Crippen molar-refractivity contribution in [2.45, 2.75) is 58.5 Å². The summed E-state index contributed by atoms with van der Waals surface area (Å²) in [5.41, 5.74) is 1.79. The van der Waals surface area contributed by atoms with Crippen LogP contribution in [0, 0.1) is 23.7 Å². The molecule has 5 rings (SSSR count). The molecule has 1 atom stereocenters. The molecule has 4 aromatic rings. The van der Waals surface area contributed by atoms with Gasteiger partial charge >= 0.3 is 0 Å². The van der Waals surface area contributed by atoms with Crippen molar-refractivity contribution >= 4 is 33.9 Å². The summed E-state index contributed by atoms with van der Waals surface area (Å²) in [6.07, 6.45) is 2.47. The lowest BCUT2D eigenvalue weighted by atomic mass is 9.96. The second kappa shape index (κ2) is 9.51. The van der Waals surface area contributed by atoms with Crippen molar-refractivity contribution in [3.05, 3.63) is 58.7 Å². The number of fused-ring (bicyclic) bond motifs is 1. The quantitative estimate of drug-likeness (QED) is 0.277. The minimum Gasteiger partial charge on any atom is -0.446 e. The van der Waals surface area contributed by atoms with Gasteiger partial charge in [0, 0.05) is 23.8 Å². The molecular formula is C26H27ClF2N8O. The lowest BCUT2D eigenvalue weighted by molar-refractivity contribution is 0.0593. The van der Waals surface area contributed by atoms with Gasteiger partial charge < -0.3 is 15.1 Å². The maximum absolute atomic E-state index is 13.7. The molecule has 3 heterocycles. The van der Waals surface area contributed by atoms with Crippen LogP contribution in [0.1, 0.15) is 62.4 Å². The standard InChI is InChI=1S/C26H27ClF2N8O/c1-14-23(38-13-33-14)22(19-11-37(36-35-19)26(5-6-26)24(28)29)34-16-7-17-20(32-12-25(2,3)4)15(9-30)10-31-21(17)18(27)8-16/h7-8,10-11,13,22,24,34H,5-6,12H2,1-4H3,(H,31,32). The van der Waals surface area contributed by atoms with E-state index in [4.69, 9.17) is 16.0 Å². The number of hydrogen-bond donors (Lipinski definition) is 2. The lowest BCUT2D eigenvalue weighted by Crippen LogP contribution is -2.26. The Morgan fingerprint density at radius 3 is 2.63 bits per heavy atom. The van der Waals surface area contributed by atoms with Gasteiger partial charge in [0.25, 0.3) is 6.43 Å². The van der Waals surface area contributed by atoms with Gasteiger partial charge in [0.05, 0.1) is 33.7 Å². The number of pyridine rings is 1. The Morgan fingerprint density at radius 1 is 1.26 bits per heavy atom. The van der Waals surface area contributed by atoms with Crippen molar-refractivity contribution < 1.29 is 13.2 Å². The van der Waals surface area contributed by atoms with Crippen molar-refractivity contribution in [3.8, 4) is 6.07 Å². The van der Waals surface area contributed by atoms with E-state index in [-0.39, 0.29) is 5.41 Å². The van der Waals surface area contributed by atoms with Crippen LogP contribution in [0.3, 0.4) is 0 Å². The van der Waals surface area contributed by atoms with Gasteiger partial charge in [-0.15, -0.1) is 5.10 Å². The maximum atomic E-state index is 13.7. The number of anilines is 2. The molecule has 198 valence electrons. The molecule has 1 aliphatic carbocycles. The number of halogens is 3. The number of nitrogens with one attached hydrogen (secondary N) is 2. The highest BCUT2D eigenvalue weighted by Gasteiger charge is 2.54. The number of nitrogens with zero attached hydrogens (tertiary/aromatic N) is 6. The molecule has 0 saturated heterocycles. The average Bonchev–Trinajstić information content (AvgIpc) is 3.33. The Morgan fingerprint density at radius 2 is 2.03 bits per heavy atom. The second-order valence-corrected chi connectivity index (χ2v) is 11.2. The Hall–Kier alpha value is -3.78. The fraction of sp³-hybridized carbons (Fsp3) is 0.423. The molecule has 38 heavy (non-hydrogen) atoms. The number of benzene rings is 1. The third-order valence-corrected chi connectivity index (χ3v) is 6.92. The molecule has 0 radical (unpaired) electrons. The van der Waals surface area contributed by atoms with Crippen LogP contribution in [-0.4, -0.2) is 37.9 Å². The molecule has 1 aliphatic rings. The zero-order valence-electron chi connectivity index (χ0n) is 21.4. The van der Waals surface area contributed by atoms with E-state index in [1.165, 1.54) is 23.5 Å². The van der Waals surface area contributed by atoms with Crippen molar-refractivity contribution in [3.63, 3.8) is 0 Å². The summed E-state index contributed by atoms with van der Waals surface area (Å²) < 4.78 is 34.3. The average molecular weight is 541 g/mol. The topological polar surface area (TPSA) is 117 Å². The first-order chi connectivity index (χ1) is 18.0. The molecule has 3 aromatic heterocycles. The molecule has 0 aliphatic heterocycles. The van der Waals surface area contributed by atoms with Gasteiger partial charge in [0.1, 0.15) is 23.3 Å². The van der Waals surface area contributed by atoms with Crippen LogP contribution >= 0.6 is 11.6 Å². The lowest BCUT2D eigenvalue weighted by Gasteiger charge is -2.22. The summed E-state index contributed by atoms with van der Waals surface area (Å²) in [5.74, 6) is 0.463. The smallest absolute Gasteiger partial charge is 0.263 e. The summed E-state index contributed by atoms with van der Waals surface area (Å²) >= 11 is 6.65. The molecule has 0 amide bonds. The van der Waals surface area contributed by atoms with Crippen LogP contribution in [-0.2, 0) is 5.54 Å². The van der Waals surface area contributed by atoms with E-state index in [9.17, 15) is 14.0 Å². The predicted molar refractivity (Wildman–Crippen MR) is 139 cm³/mol. The summed E-state index contributed by atoms with van der Waals surface area (Å²) in [5, 5.41) is 25.8. The Kier molecular flexibility index (Phi) is 6.47. The van der Waals surface area contributed by atoms with Gasteiger partial charge in [-0.2, -0.15) is 5.26 Å². The first-order valence-corrected chi connectivity index (χ1v) is 12.5. The first-order valence-electron chi connectivity index (χ1n) is 12.2. The van der Waals surface area contributed by atoms with E-state index in [0.29, 0.717) is 69.4 Å².